The molecular formula is C13H19NO5S. The van der Waals surface area contributed by atoms with Gasteiger partial charge in [0.25, 0.3) is 0 Å². The molecule has 1 aliphatic rings. The molecule has 1 saturated heterocycles. The van der Waals surface area contributed by atoms with Gasteiger partial charge in [0.2, 0.25) is 15.8 Å². The summed E-state index contributed by atoms with van der Waals surface area (Å²) in [4.78, 5) is 10.8. The Labute approximate surface area is 118 Å². The number of furan rings is 1. The third-order valence-corrected chi connectivity index (χ3v) is 5.78. The highest BCUT2D eigenvalue weighted by Gasteiger charge is 2.35. The molecule has 0 aromatic carbocycles. The van der Waals surface area contributed by atoms with Crippen molar-refractivity contribution in [2.75, 3.05) is 13.1 Å². The minimum Gasteiger partial charge on any atom is -0.475 e. The highest BCUT2D eigenvalue weighted by molar-refractivity contribution is 7.89. The van der Waals surface area contributed by atoms with E-state index in [0.29, 0.717) is 13.1 Å². The molecule has 20 heavy (non-hydrogen) atoms. The smallest absolute Gasteiger partial charge is 0.371 e. The van der Waals surface area contributed by atoms with Crippen molar-refractivity contribution in [1.29, 1.82) is 0 Å². The van der Waals surface area contributed by atoms with E-state index in [0.717, 1.165) is 18.9 Å². The Hall–Kier alpha value is -1.34. The van der Waals surface area contributed by atoms with Crippen molar-refractivity contribution in [1.82, 2.24) is 4.31 Å². The van der Waals surface area contributed by atoms with Crippen LogP contribution in [0.15, 0.2) is 15.4 Å². The van der Waals surface area contributed by atoms with Crippen LogP contribution in [-0.4, -0.2) is 36.9 Å². The molecule has 1 aromatic rings. The molecule has 1 aliphatic heterocycles. The van der Waals surface area contributed by atoms with Gasteiger partial charge in [0.05, 0.1) is 0 Å². The van der Waals surface area contributed by atoms with Gasteiger partial charge in [0.15, 0.2) is 0 Å². The van der Waals surface area contributed by atoms with Gasteiger partial charge in [-0.3, -0.25) is 0 Å². The highest BCUT2D eigenvalue weighted by Crippen LogP contribution is 2.33. The normalized spacial score (nSPS) is 19.9. The largest absolute Gasteiger partial charge is 0.475 e. The molecule has 2 rings (SSSR count). The Morgan fingerprint density at radius 1 is 1.35 bits per heavy atom. The molecular weight excluding hydrogens is 282 g/mol. The number of rotatable bonds is 3. The van der Waals surface area contributed by atoms with Crippen molar-refractivity contribution in [2.45, 2.75) is 38.5 Å². The number of nitrogens with zero attached hydrogens (tertiary/aromatic N) is 1. The van der Waals surface area contributed by atoms with Crippen LogP contribution in [0.3, 0.4) is 0 Å². The molecule has 7 heteroatoms. The van der Waals surface area contributed by atoms with Gasteiger partial charge in [-0.15, -0.1) is 0 Å². The molecule has 1 fully saturated rings. The Bertz CT molecular complexity index is 619. The minimum atomic E-state index is -3.68. The summed E-state index contributed by atoms with van der Waals surface area (Å²) in [6.07, 6.45) is 1.57. The Morgan fingerprint density at radius 3 is 2.35 bits per heavy atom. The van der Waals surface area contributed by atoms with Crippen LogP contribution in [0.2, 0.25) is 0 Å². The fourth-order valence-corrected chi connectivity index (χ4v) is 3.90. The first kappa shape index (κ1) is 15.1. The number of aryl methyl sites for hydroxylation is 1. The summed E-state index contributed by atoms with van der Waals surface area (Å²) < 4.78 is 31.4. The van der Waals surface area contributed by atoms with Crippen LogP contribution < -0.4 is 0 Å². The zero-order valence-electron chi connectivity index (χ0n) is 11.8. The quantitative estimate of drug-likeness (QED) is 0.923. The van der Waals surface area contributed by atoms with E-state index in [-0.39, 0.29) is 21.8 Å². The molecule has 112 valence electrons. The molecule has 0 saturated carbocycles. The maximum atomic E-state index is 12.5. The van der Waals surface area contributed by atoms with Gasteiger partial charge < -0.3 is 9.52 Å². The van der Waals surface area contributed by atoms with E-state index in [1.807, 2.05) is 0 Å². The Morgan fingerprint density at radius 2 is 1.90 bits per heavy atom. The average Bonchev–Trinajstić information content (AvgIpc) is 2.71. The van der Waals surface area contributed by atoms with Gasteiger partial charge in [-0.1, -0.05) is 13.8 Å². The lowest BCUT2D eigenvalue weighted by Gasteiger charge is -2.35. The van der Waals surface area contributed by atoms with E-state index in [2.05, 4.69) is 13.8 Å². The molecule has 1 aromatic heterocycles. The second-order valence-electron chi connectivity index (χ2n) is 5.90. The Kier molecular flexibility index (Phi) is 3.68. The molecule has 0 bridgehead atoms. The van der Waals surface area contributed by atoms with Gasteiger partial charge in [0, 0.05) is 19.2 Å². The molecule has 6 nitrogen and oxygen atoms in total. The fourth-order valence-electron chi connectivity index (χ4n) is 2.30. The van der Waals surface area contributed by atoms with Crippen LogP contribution in [-0.2, 0) is 10.0 Å². The maximum absolute atomic E-state index is 12.5. The summed E-state index contributed by atoms with van der Waals surface area (Å²) in [5.41, 5.74) is 0.143. The van der Waals surface area contributed by atoms with Crippen molar-refractivity contribution in [3.63, 3.8) is 0 Å². The summed E-state index contributed by atoms with van der Waals surface area (Å²) in [6.45, 7) is 6.59. The Balaban J connectivity index is 2.29. The van der Waals surface area contributed by atoms with E-state index >= 15 is 0 Å². The summed E-state index contributed by atoms with van der Waals surface area (Å²) in [5.74, 6) is -1.50. The average molecular weight is 301 g/mol. The maximum Gasteiger partial charge on any atom is 0.371 e. The molecule has 0 unspecified atom stereocenters. The van der Waals surface area contributed by atoms with Crippen molar-refractivity contribution in [3.8, 4) is 0 Å². The third-order valence-electron chi connectivity index (χ3n) is 3.78. The van der Waals surface area contributed by atoms with Gasteiger partial charge >= 0.3 is 5.97 Å². The summed E-state index contributed by atoms with van der Waals surface area (Å²) in [7, 11) is -3.68. The SMILES string of the molecule is Cc1oc(C(=O)O)cc1S(=O)(=O)N1CCC(C)(C)CC1. The molecule has 0 aliphatic carbocycles. The number of carboxylic acid groups (broad SMARTS) is 1. The number of carboxylic acids is 1. The standard InChI is InChI=1S/C13H19NO5S/c1-9-11(8-10(19-9)12(15)16)20(17,18)14-6-4-13(2,3)5-7-14/h8H,4-7H2,1-3H3,(H,15,16). The second-order valence-corrected chi connectivity index (χ2v) is 7.81. The van der Waals surface area contributed by atoms with Crippen LogP contribution in [0, 0.1) is 12.3 Å². The topological polar surface area (TPSA) is 87.8 Å². The predicted octanol–water partition coefficient (Wildman–Crippen LogP) is 2.10. The number of carbonyl (C=O) groups is 1. The fraction of sp³-hybridized carbons (Fsp3) is 0.615. The predicted molar refractivity (Wildman–Crippen MR) is 72.2 cm³/mol. The number of hydrogen-bond donors (Lipinski definition) is 1. The second kappa shape index (κ2) is 4.89. The van der Waals surface area contributed by atoms with Crippen LogP contribution >= 0.6 is 0 Å². The van der Waals surface area contributed by atoms with Gasteiger partial charge in [-0.25, -0.2) is 13.2 Å². The molecule has 1 N–H and O–H groups in total. The zero-order valence-corrected chi connectivity index (χ0v) is 12.7. The molecule has 2 heterocycles. The van der Waals surface area contributed by atoms with Crippen LogP contribution in [0.25, 0.3) is 0 Å². The van der Waals surface area contributed by atoms with Crippen LogP contribution in [0.5, 0.6) is 0 Å². The molecule has 0 spiro atoms. The van der Waals surface area contributed by atoms with E-state index in [1.165, 1.54) is 11.2 Å². The molecule has 0 atom stereocenters. The third kappa shape index (κ3) is 2.73. The number of hydrogen-bond acceptors (Lipinski definition) is 4. The molecule has 0 amide bonds. The first-order valence-electron chi connectivity index (χ1n) is 6.47. The van der Waals surface area contributed by atoms with E-state index in [9.17, 15) is 13.2 Å². The first-order chi connectivity index (χ1) is 9.13. The van der Waals surface area contributed by atoms with Crippen molar-refractivity contribution in [2.24, 2.45) is 5.41 Å². The van der Waals surface area contributed by atoms with Crippen molar-refractivity contribution >= 4 is 16.0 Å². The van der Waals surface area contributed by atoms with E-state index in [4.69, 9.17) is 9.52 Å². The lowest BCUT2D eigenvalue weighted by atomic mass is 9.83. The first-order valence-corrected chi connectivity index (χ1v) is 7.91. The monoisotopic (exact) mass is 301 g/mol. The number of piperidine rings is 1. The summed E-state index contributed by atoms with van der Waals surface area (Å²) in [5, 5.41) is 8.87. The minimum absolute atomic E-state index is 0.0467. The summed E-state index contributed by atoms with van der Waals surface area (Å²) >= 11 is 0. The lowest BCUT2D eigenvalue weighted by molar-refractivity contribution is 0.0661. The summed E-state index contributed by atoms with van der Waals surface area (Å²) in [6, 6.07) is 1.09. The van der Waals surface area contributed by atoms with Crippen molar-refractivity contribution in [3.05, 3.63) is 17.6 Å². The van der Waals surface area contributed by atoms with Gasteiger partial charge in [0.1, 0.15) is 10.7 Å². The number of sulfonamides is 1. The van der Waals surface area contributed by atoms with Crippen LogP contribution in [0.4, 0.5) is 0 Å². The zero-order chi connectivity index (χ0) is 15.1. The van der Waals surface area contributed by atoms with E-state index in [1.54, 1.807) is 0 Å². The lowest BCUT2D eigenvalue weighted by Crippen LogP contribution is -2.41. The highest BCUT2D eigenvalue weighted by atomic mass is 32.2. The molecule has 0 radical (unpaired) electrons. The van der Waals surface area contributed by atoms with Gasteiger partial charge in [-0.2, -0.15) is 4.31 Å². The number of aromatic carboxylic acids is 1. The van der Waals surface area contributed by atoms with E-state index < -0.39 is 16.0 Å². The van der Waals surface area contributed by atoms with Crippen molar-refractivity contribution < 1.29 is 22.7 Å². The van der Waals surface area contributed by atoms with Crippen LogP contribution in [0.1, 0.15) is 43.0 Å². The van der Waals surface area contributed by atoms with Gasteiger partial charge in [-0.05, 0) is 25.2 Å².